The summed E-state index contributed by atoms with van der Waals surface area (Å²) in [7, 11) is 0. The predicted octanol–water partition coefficient (Wildman–Crippen LogP) is 3.40. The molecule has 3 aromatic rings. The number of nitrogens with one attached hydrogen (secondary N) is 2. The highest BCUT2D eigenvalue weighted by Crippen LogP contribution is 2.20. The molecule has 2 aromatic heterocycles. The van der Waals surface area contributed by atoms with Crippen molar-refractivity contribution in [2.24, 2.45) is 5.10 Å². The number of para-hydroxylation sites is 1. The van der Waals surface area contributed by atoms with Gasteiger partial charge >= 0.3 is 0 Å². The quantitative estimate of drug-likeness (QED) is 0.553. The Kier molecular flexibility index (Phi) is 2.98. The Labute approximate surface area is 111 Å². The van der Waals surface area contributed by atoms with Gasteiger partial charge < -0.3 is 4.98 Å². The van der Waals surface area contributed by atoms with Crippen LogP contribution in [0.1, 0.15) is 12.6 Å². The Morgan fingerprint density at radius 3 is 2.89 bits per heavy atom. The maximum Gasteiger partial charge on any atom is 0.0951 e. The zero-order chi connectivity index (χ0) is 13.1. The number of rotatable bonds is 3. The third-order valence-electron chi connectivity index (χ3n) is 2.96. The lowest BCUT2D eigenvalue weighted by Crippen LogP contribution is -2.00. The van der Waals surface area contributed by atoms with E-state index in [2.05, 4.69) is 20.5 Å². The predicted molar refractivity (Wildman–Crippen MR) is 78.4 cm³/mol. The zero-order valence-electron chi connectivity index (χ0n) is 10.6. The summed E-state index contributed by atoms with van der Waals surface area (Å²) in [6.07, 6.45) is 3.67. The van der Waals surface area contributed by atoms with Crippen molar-refractivity contribution in [1.82, 2.24) is 9.97 Å². The molecule has 0 saturated carbocycles. The Balaban J connectivity index is 1.92. The first-order chi connectivity index (χ1) is 9.34. The molecule has 3 rings (SSSR count). The Morgan fingerprint density at radius 2 is 2.05 bits per heavy atom. The van der Waals surface area contributed by atoms with Crippen LogP contribution in [0, 0.1) is 0 Å². The molecule has 0 saturated heterocycles. The summed E-state index contributed by atoms with van der Waals surface area (Å²) in [6, 6.07) is 13.9. The highest BCUT2D eigenvalue weighted by Gasteiger charge is 2.01. The van der Waals surface area contributed by atoms with Crippen molar-refractivity contribution in [2.75, 3.05) is 5.43 Å². The maximum atomic E-state index is 4.38. The SMILES string of the molecule is CC(=NNc1cccc2cccnc12)c1ccc[nH]1. The molecule has 2 heterocycles. The van der Waals surface area contributed by atoms with Crippen LogP contribution in [0.2, 0.25) is 0 Å². The Hall–Kier alpha value is -2.62. The molecule has 2 N–H and O–H groups in total. The monoisotopic (exact) mass is 250 g/mol. The summed E-state index contributed by atoms with van der Waals surface area (Å²) in [6.45, 7) is 1.96. The van der Waals surface area contributed by atoms with Gasteiger partial charge in [-0.2, -0.15) is 5.10 Å². The fourth-order valence-corrected chi connectivity index (χ4v) is 1.95. The van der Waals surface area contributed by atoms with Gasteiger partial charge in [-0.25, -0.2) is 0 Å². The number of nitrogens with zero attached hydrogens (tertiary/aromatic N) is 2. The standard InChI is InChI=1S/C15H14N4/c1-11(13-8-4-9-16-13)18-19-14-7-2-5-12-6-3-10-17-15(12)14/h2-10,16,19H,1H3. The van der Waals surface area contributed by atoms with E-state index >= 15 is 0 Å². The first-order valence-electron chi connectivity index (χ1n) is 6.12. The first-order valence-corrected chi connectivity index (χ1v) is 6.12. The summed E-state index contributed by atoms with van der Waals surface area (Å²) in [4.78, 5) is 7.51. The number of hydrogen-bond donors (Lipinski definition) is 2. The molecule has 94 valence electrons. The minimum atomic E-state index is 0.901. The van der Waals surface area contributed by atoms with Crippen molar-refractivity contribution in [1.29, 1.82) is 0 Å². The molecule has 0 aliphatic heterocycles. The van der Waals surface area contributed by atoms with Crippen LogP contribution in [0.25, 0.3) is 10.9 Å². The van der Waals surface area contributed by atoms with E-state index in [0.717, 1.165) is 28.0 Å². The fraction of sp³-hybridized carbons (Fsp3) is 0.0667. The minimum absolute atomic E-state index is 0.901. The van der Waals surface area contributed by atoms with E-state index in [4.69, 9.17) is 0 Å². The topological polar surface area (TPSA) is 53.1 Å². The molecule has 0 aliphatic rings. The van der Waals surface area contributed by atoms with Gasteiger partial charge in [0.15, 0.2) is 0 Å². The van der Waals surface area contributed by atoms with Crippen LogP contribution in [0.4, 0.5) is 5.69 Å². The number of fused-ring (bicyclic) bond motifs is 1. The molecule has 0 aliphatic carbocycles. The highest BCUT2D eigenvalue weighted by molar-refractivity contribution is 5.98. The van der Waals surface area contributed by atoms with Crippen LogP contribution in [-0.4, -0.2) is 15.7 Å². The average molecular weight is 250 g/mol. The number of aromatic nitrogens is 2. The molecule has 0 fully saturated rings. The number of benzene rings is 1. The van der Waals surface area contributed by atoms with Crippen molar-refractivity contribution in [3.63, 3.8) is 0 Å². The number of anilines is 1. The molecular formula is C15H14N4. The second kappa shape index (κ2) is 4.94. The van der Waals surface area contributed by atoms with Crippen LogP contribution in [0.3, 0.4) is 0 Å². The van der Waals surface area contributed by atoms with Crippen molar-refractivity contribution in [2.45, 2.75) is 6.92 Å². The van der Waals surface area contributed by atoms with Gasteiger partial charge in [0.1, 0.15) is 0 Å². The van der Waals surface area contributed by atoms with E-state index < -0.39 is 0 Å². The van der Waals surface area contributed by atoms with Gasteiger partial charge in [-0.1, -0.05) is 18.2 Å². The van der Waals surface area contributed by atoms with Gasteiger partial charge in [0.2, 0.25) is 0 Å². The van der Waals surface area contributed by atoms with Crippen molar-refractivity contribution < 1.29 is 0 Å². The minimum Gasteiger partial charge on any atom is -0.360 e. The second-order valence-electron chi connectivity index (χ2n) is 4.27. The van der Waals surface area contributed by atoms with Gasteiger partial charge in [0.05, 0.1) is 22.6 Å². The van der Waals surface area contributed by atoms with E-state index in [1.54, 1.807) is 6.20 Å². The summed E-state index contributed by atoms with van der Waals surface area (Å²) in [5.41, 5.74) is 6.81. The Bertz CT molecular complexity index is 709. The van der Waals surface area contributed by atoms with Gasteiger partial charge in [0.25, 0.3) is 0 Å². The van der Waals surface area contributed by atoms with Gasteiger partial charge in [-0.05, 0) is 31.2 Å². The van der Waals surface area contributed by atoms with Gasteiger partial charge in [-0.3, -0.25) is 10.4 Å². The van der Waals surface area contributed by atoms with E-state index in [-0.39, 0.29) is 0 Å². The first kappa shape index (κ1) is 11.5. The molecule has 0 amide bonds. The number of aromatic amines is 1. The number of pyridine rings is 1. The second-order valence-corrected chi connectivity index (χ2v) is 4.27. The lowest BCUT2D eigenvalue weighted by Gasteiger charge is -2.05. The lowest BCUT2D eigenvalue weighted by atomic mass is 10.2. The van der Waals surface area contributed by atoms with E-state index in [9.17, 15) is 0 Å². The number of hydrazone groups is 1. The Morgan fingerprint density at radius 1 is 1.16 bits per heavy atom. The van der Waals surface area contributed by atoms with Gasteiger partial charge in [0, 0.05) is 17.8 Å². The molecule has 0 radical (unpaired) electrons. The van der Waals surface area contributed by atoms with Crippen LogP contribution in [0.15, 0.2) is 60.0 Å². The van der Waals surface area contributed by atoms with Crippen molar-refractivity contribution >= 4 is 22.3 Å². The molecule has 0 atom stereocenters. The molecule has 1 aromatic carbocycles. The van der Waals surface area contributed by atoms with Crippen LogP contribution < -0.4 is 5.43 Å². The number of H-pyrrole nitrogens is 1. The molecule has 0 spiro atoms. The molecule has 4 nitrogen and oxygen atoms in total. The summed E-state index contributed by atoms with van der Waals surface area (Å²) < 4.78 is 0. The van der Waals surface area contributed by atoms with Crippen molar-refractivity contribution in [3.05, 3.63) is 60.6 Å². The van der Waals surface area contributed by atoms with Gasteiger partial charge in [-0.15, -0.1) is 0 Å². The van der Waals surface area contributed by atoms with Crippen LogP contribution >= 0.6 is 0 Å². The molecular weight excluding hydrogens is 236 g/mol. The lowest BCUT2D eigenvalue weighted by molar-refractivity contribution is 1.28. The van der Waals surface area contributed by atoms with Crippen LogP contribution in [0.5, 0.6) is 0 Å². The largest absolute Gasteiger partial charge is 0.360 e. The molecule has 0 bridgehead atoms. The van der Waals surface area contributed by atoms with E-state index in [0.29, 0.717) is 0 Å². The third kappa shape index (κ3) is 2.33. The van der Waals surface area contributed by atoms with Crippen LogP contribution in [-0.2, 0) is 0 Å². The summed E-state index contributed by atoms with van der Waals surface area (Å²) in [5, 5.41) is 5.48. The molecule has 0 unspecified atom stereocenters. The van der Waals surface area contributed by atoms with Crippen molar-refractivity contribution in [3.8, 4) is 0 Å². The van der Waals surface area contributed by atoms with E-state index in [1.165, 1.54) is 0 Å². The molecule has 4 heteroatoms. The summed E-state index contributed by atoms with van der Waals surface area (Å²) in [5.74, 6) is 0. The zero-order valence-corrected chi connectivity index (χ0v) is 10.6. The molecule has 19 heavy (non-hydrogen) atoms. The third-order valence-corrected chi connectivity index (χ3v) is 2.96. The highest BCUT2D eigenvalue weighted by atomic mass is 15.3. The average Bonchev–Trinajstić information content (AvgIpc) is 2.99. The fourth-order valence-electron chi connectivity index (χ4n) is 1.95. The summed E-state index contributed by atoms with van der Waals surface area (Å²) >= 11 is 0. The smallest absolute Gasteiger partial charge is 0.0951 e. The maximum absolute atomic E-state index is 4.38. The normalized spacial score (nSPS) is 11.7. The number of hydrogen-bond acceptors (Lipinski definition) is 3. The van der Waals surface area contributed by atoms with E-state index in [1.807, 2.05) is 55.6 Å².